The van der Waals surface area contributed by atoms with Gasteiger partial charge in [-0.25, -0.2) is 0 Å². The molecule has 0 amide bonds. The van der Waals surface area contributed by atoms with Crippen LogP contribution in [0.3, 0.4) is 0 Å². The van der Waals surface area contributed by atoms with Crippen molar-refractivity contribution in [3.63, 3.8) is 0 Å². The van der Waals surface area contributed by atoms with E-state index in [9.17, 15) is 10.2 Å². The average Bonchev–Trinajstić information content (AvgIpc) is 2.40. The predicted molar refractivity (Wildman–Crippen MR) is 68.1 cm³/mol. The van der Waals surface area contributed by atoms with E-state index in [1.54, 1.807) is 19.2 Å². The second-order valence-corrected chi connectivity index (χ2v) is 4.00. The molecule has 1 rings (SSSR count). The lowest BCUT2D eigenvalue weighted by molar-refractivity contribution is -0.108. The minimum absolute atomic E-state index is 0.306. The van der Waals surface area contributed by atoms with Crippen LogP contribution in [0.5, 0.6) is 0 Å². The van der Waals surface area contributed by atoms with Crippen LogP contribution in [-0.4, -0.2) is 44.1 Å². The largest absolute Gasteiger partial charge is 0.389 e. The van der Waals surface area contributed by atoms with Crippen molar-refractivity contribution in [2.24, 2.45) is 0 Å². The topological polar surface area (TPSA) is 71.0 Å². The van der Waals surface area contributed by atoms with Crippen LogP contribution < -0.4 is 5.32 Å². The van der Waals surface area contributed by atoms with Gasteiger partial charge < -0.3 is 25.0 Å². The van der Waals surface area contributed by atoms with Gasteiger partial charge in [0, 0.05) is 26.3 Å². The minimum atomic E-state index is -0.985. The fourth-order valence-corrected chi connectivity index (χ4v) is 1.87. The van der Waals surface area contributed by atoms with E-state index in [1.807, 2.05) is 12.1 Å². The van der Waals surface area contributed by atoms with Gasteiger partial charge in [0.1, 0.15) is 6.10 Å². The SMILES string of the molecule is CNCC(O)C(O)c1ccccc1C(OC)OC. The molecule has 2 unspecified atom stereocenters. The van der Waals surface area contributed by atoms with Crippen molar-refractivity contribution < 1.29 is 19.7 Å². The van der Waals surface area contributed by atoms with Crippen LogP contribution in [0.1, 0.15) is 23.5 Å². The van der Waals surface area contributed by atoms with E-state index < -0.39 is 18.5 Å². The number of likely N-dealkylation sites (N-methyl/N-ethyl adjacent to an activating group) is 1. The van der Waals surface area contributed by atoms with Gasteiger partial charge in [-0.3, -0.25) is 0 Å². The lowest BCUT2D eigenvalue weighted by Gasteiger charge is -2.23. The molecular weight excluding hydrogens is 234 g/mol. The summed E-state index contributed by atoms with van der Waals surface area (Å²) in [5.41, 5.74) is 1.32. The highest BCUT2D eigenvalue weighted by atomic mass is 16.7. The lowest BCUT2D eigenvalue weighted by Crippen LogP contribution is -2.30. The van der Waals surface area contributed by atoms with Crippen LogP contribution >= 0.6 is 0 Å². The van der Waals surface area contributed by atoms with E-state index in [4.69, 9.17) is 9.47 Å². The molecule has 0 spiro atoms. The zero-order valence-corrected chi connectivity index (χ0v) is 11.0. The van der Waals surface area contributed by atoms with Crippen LogP contribution in [0.4, 0.5) is 0 Å². The van der Waals surface area contributed by atoms with Crippen molar-refractivity contribution in [2.45, 2.75) is 18.5 Å². The zero-order chi connectivity index (χ0) is 13.5. The van der Waals surface area contributed by atoms with E-state index in [0.29, 0.717) is 17.7 Å². The molecule has 0 saturated carbocycles. The van der Waals surface area contributed by atoms with Gasteiger partial charge in [0.05, 0.1) is 6.10 Å². The fraction of sp³-hybridized carbons (Fsp3) is 0.538. The maximum absolute atomic E-state index is 10.1. The molecule has 2 atom stereocenters. The van der Waals surface area contributed by atoms with Crippen LogP contribution in [0.2, 0.25) is 0 Å². The average molecular weight is 255 g/mol. The molecular formula is C13H21NO4. The van der Waals surface area contributed by atoms with Gasteiger partial charge in [0.15, 0.2) is 6.29 Å². The van der Waals surface area contributed by atoms with E-state index in [1.165, 1.54) is 14.2 Å². The molecule has 18 heavy (non-hydrogen) atoms. The summed E-state index contributed by atoms with van der Waals surface area (Å²) in [6, 6.07) is 7.20. The Hall–Kier alpha value is -0.980. The number of methoxy groups -OCH3 is 2. The lowest BCUT2D eigenvalue weighted by atomic mass is 9.98. The van der Waals surface area contributed by atoms with Crippen molar-refractivity contribution in [2.75, 3.05) is 27.8 Å². The third-order valence-electron chi connectivity index (χ3n) is 2.77. The van der Waals surface area contributed by atoms with E-state index in [0.717, 1.165) is 0 Å². The summed E-state index contributed by atoms with van der Waals surface area (Å²) < 4.78 is 10.4. The van der Waals surface area contributed by atoms with Gasteiger partial charge in [-0.1, -0.05) is 24.3 Å². The van der Waals surface area contributed by atoms with Gasteiger partial charge in [-0.15, -0.1) is 0 Å². The summed E-state index contributed by atoms with van der Waals surface area (Å²) in [6.07, 6.45) is -2.43. The van der Waals surface area contributed by atoms with E-state index in [-0.39, 0.29) is 0 Å². The number of benzene rings is 1. The Balaban J connectivity index is 3.00. The zero-order valence-electron chi connectivity index (χ0n) is 11.0. The third kappa shape index (κ3) is 3.51. The van der Waals surface area contributed by atoms with Crippen molar-refractivity contribution >= 4 is 0 Å². The first-order chi connectivity index (χ1) is 8.65. The number of aliphatic hydroxyl groups is 2. The molecule has 0 radical (unpaired) electrons. The quantitative estimate of drug-likeness (QED) is 0.622. The Kier molecular flexibility index (Phi) is 6.24. The Labute approximate surface area is 107 Å². The van der Waals surface area contributed by atoms with Gasteiger partial charge in [0.25, 0.3) is 0 Å². The van der Waals surface area contributed by atoms with Gasteiger partial charge >= 0.3 is 0 Å². The van der Waals surface area contributed by atoms with Gasteiger partial charge in [-0.05, 0) is 12.6 Å². The molecule has 0 bridgehead atoms. The molecule has 0 aromatic heterocycles. The van der Waals surface area contributed by atoms with Crippen molar-refractivity contribution in [1.29, 1.82) is 0 Å². The summed E-state index contributed by atoms with van der Waals surface area (Å²) in [7, 11) is 4.78. The monoisotopic (exact) mass is 255 g/mol. The molecule has 1 aromatic carbocycles. The normalized spacial score (nSPS) is 14.8. The van der Waals surface area contributed by atoms with Crippen molar-refractivity contribution in [3.05, 3.63) is 35.4 Å². The molecule has 102 valence electrons. The number of nitrogens with one attached hydrogen (secondary N) is 1. The molecule has 0 heterocycles. The summed E-state index contributed by atoms with van der Waals surface area (Å²) in [5, 5.41) is 22.8. The molecule has 0 aliphatic rings. The van der Waals surface area contributed by atoms with Crippen LogP contribution in [0, 0.1) is 0 Å². The Morgan fingerprint density at radius 1 is 1.11 bits per heavy atom. The number of hydrogen-bond acceptors (Lipinski definition) is 5. The van der Waals surface area contributed by atoms with Gasteiger partial charge in [0.2, 0.25) is 0 Å². The Morgan fingerprint density at radius 2 is 1.67 bits per heavy atom. The summed E-state index contributed by atoms with van der Waals surface area (Å²) in [4.78, 5) is 0. The van der Waals surface area contributed by atoms with E-state index >= 15 is 0 Å². The number of aliphatic hydroxyl groups excluding tert-OH is 2. The Bertz CT molecular complexity index is 355. The smallest absolute Gasteiger partial charge is 0.183 e. The summed E-state index contributed by atoms with van der Waals surface area (Å²) >= 11 is 0. The van der Waals surface area contributed by atoms with Crippen molar-refractivity contribution in [3.8, 4) is 0 Å². The highest BCUT2D eigenvalue weighted by Gasteiger charge is 2.23. The molecule has 1 aromatic rings. The first-order valence-corrected chi connectivity index (χ1v) is 5.80. The number of rotatable bonds is 7. The standard InChI is InChI=1S/C13H21NO4/c1-14-8-11(15)12(16)9-6-4-5-7-10(9)13(17-2)18-3/h4-7,11-16H,8H2,1-3H3. The Morgan fingerprint density at radius 3 is 2.17 bits per heavy atom. The maximum Gasteiger partial charge on any atom is 0.183 e. The van der Waals surface area contributed by atoms with E-state index in [2.05, 4.69) is 5.32 Å². The number of ether oxygens (including phenoxy) is 2. The molecule has 5 heteroatoms. The second kappa shape index (κ2) is 7.45. The predicted octanol–water partition coefficient (Wildman–Crippen LogP) is 0.592. The highest BCUT2D eigenvalue weighted by molar-refractivity contribution is 5.31. The second-order valence-electron chi connectivity index (χ2n) is 4.00. The number of hydrogen-bond donors (Lipinski definition) is 3. The minimum Gasteiger partial charge on any atom is -0.389 e. The van der Waals surface area contributed by atoms with Crippen LogP contribution in [0.15, 0.2) is 24.3 Å². The molecule has 0 aliphatic heterocycles. The highest BCUT2D eigenvalue weighted by Crippen LogP contribution is 2.27. The first kappa shape index (κ1) is 15.1. The van der Waals surface area contributed by atoms with Gasteiger partial charge in [-0.2, -0.15) is 0 Å². The van der Waals surface area contributed by atoms with Crippen LogP contribution in [-0.2, 0) is 9.47 Å². The summed E-state index contributed by atoms with van der Waals surface area (Å²) in [5.74, 6) is 0. The molecule has 5 nitrogen and oxygen atoms in total. The molecule has 0 fully saturated rings. The fourth-order valence-electron chi connectivity index (χ4n) is 1.87. The summed E-state index contributed by atoms with van der Waals surface area (Å²) in [6.45, 7) is 0.306. The molecule has 0 aliphatic carbocycles. The third-order valence-corrected chi connectivity index (χ3v) is 2.77. The first-order valence-electron chi connectivity index (χ1n) is 5.80. The van der Waals surface area contributed by atoms with Crippen molar-refractivity contribution in [1.82, 2.24) is 5.32 Å². The van der Waals surface area contributed by atoms with Crippen LogP contribution in [0.25, 0.3) is 0 Å². The maximum atomic E-state index is 10.1. The molecule has 3 N–H and O–H groups in total. The molecule has 0 saturated heterocycles.